The van der Waals surface area contributed by atoms with Gasteiger partial charge in [0.05, 0.1) is 11.8 Å². The van der Waals surface area contributed by atoms with Gasteiger partial charge in [-0.1, -0.05) is 48.5 Å². The zero-order chi connectivity index (χ0) is 20.8. The SMILES string of the molecule is O=C(NN=Cc1c(OC(=O)c2ccccc2)ccc2ccccc12)c1ccncc1. The highest BCUT2D eigenvalue weighted by Crippen LogP contribution is 2.27. The van der Waals surface area contributed by atoms with E-state index < -0.39 is 5.97 Å². The highest BCUT2D eigenvalue weighted by molar-refractivity contribution is 6.04. The predicted molar refractivity (Wildman–Crippen MR) is 115 cm³/mol. The number of carbonyl (C=O) groups excluding carboxylic acids is 2. The smallest absolute Gasteiger partial charge is 0.343 e. The minimum Gasteiger partial charge on any atom is -0.422 e. The lowest BCUT2D eigenvalue weighted by atomic mass is 10.0. The van der Waals surface area contributed by atoms with Gasteiger partial charge in [-0.05, 0) is 41.1 Å². The summed E-state index contributed by atoms with van der Waals surface area (Å²) in [5.41, 5.74) is 3.96. The van der Waals surface area contributed by atoms with Crippen LogP contribution in [0.4, 0.5) is 0 Å². The molecular weight excluding hydrogens is 378 g/mol. The average Bonchev–Trinajstić information content (AvgIpc) is 2.81. The number of pyridine rings is 1. The van der Waals surface area contributed by atoms with Gasteiger partial charge in [0.2, 0.25) is 0 Å². The van der Waals surface area contributed by atoms with Crippen LogP contribution in [0.1, 0.15) is 26.3 Å². The Morgan fingerprint density at radius 1 is 0.833 bits per heavy atom. The monoisotopic (exact) mass is 395 g/mol. The maximum absolute atomic E-state index is 12.5. The number of benzene rings is 3. The van der Waals surface area contributed by atoms with Crippen molar-refractivity contribution in [1.82, 2.24) is 10.4 Å². The molecule has 1 heterocycles. The van der Waals surface area contributed by atoms with Gasteiger partial charge in [0.25, 0.3) is 5.91 Å². The molecule has 6 nitrogen and oxygen atoms in total. The lowest BCUT2D eigenvalue weighted by molar-refractivity contribution is 0.0734. The number of hydrogen-bond donors (Lipinski definition) is 1. The largest absolute Gasteiger partial charge is 0.422 e. The number of rotatable bonds is 5. The van der Waals surface area contributed by atoms with E-state index in [1.165, 1.54) is 18.6 Å². The molecule has 6 heteroatoms. The summed E-state index contributed by atoms with van der Waals surface area (Å²) in [6, 6.07) is 23.2. The first-order valence-electron chi connectivity index (χ1n) is 9.25. The summed E-state index contributed by atoms with van der Waals surface area (Å²) in [7, 11) is 0. The number of hydrogen-bond acceptors (Lipinski definition) is 5. The Labute approximate surface area is 172 Å². The van der Waals surface area contributed by atoms with Crippen LogP contribution in [-0.4, -0.2) is 23.1 Å². The Bertz CT molecular complexity index is 1220. The summed E-state index contributed by atoms with van der Waals surface area (Å²) >= 11 is 0. The van der Waals surface area contributed by atoms with Crippen LogP contribution in [0.25, 0.3) is 10.8 Å². The minimum atomic E-state index is -0.471. The van der Waals surface area contributed by atoms with Gasteiger partial charge in [-0.25, -0.2) is 10.2 Å². The van der Waals surface area contributed by atoms with Crippen LogP contribution in [0, 0.1) is 0 Å². The Balaban J connectivity index is 1.64. The third-order valence-electron chi connectivity index (χ3n) is 4.45. The molecular formula is C24H17N3O3. The van der Waals surface area contributed by atoms with Gasteiger partial charge in [0.15, 0.2) is 0 Å². The topological polar surface area (TPSA) is 80.6 Å². The Morgan fingerprint density at radius 2 is 1.57 bits per heavy atom. The maximum Gasteiger partial charge on any atom is 0.343 e. The number of amides is 1. The van der Waals surface area contributed by atoms with E-state index in [2.05, 4.69) is 15.5 Å². The fraction of sp³-hybridized carbons (Fsp3) is 0. The number of fused-ring (bicyclic) bond motifs is 1. The Morgan fingerprint density at radius 3 is 2.37 bits per heavy atom. The molecule has 0 aliphatic heterocycles. The summed E-state index contributed by atoms with van der Waals surface area (Å²) in [6.07, 6.45) is 4.55. The van der Waals surface area contributed by atoms with E-state index >= 15 is 0 Å². The first kappa shape index (κ1) is 19.0. The summed E-state index contributed by atoms with van der Waals surface area (Å²) in [6.45, 7) is 0. The van der Waals surface area contributed by atoms with Gasteiger partial charge in [0.1, 0.15) is 5.75 Å². The number of esters is 1. The number of carbonyl (C=O) groups is 2. The summed E-state index contributed by atoms with van der Waals surface area (Å²) in [5, 5.41) is 5.87. The average molecular weight is 395 g/mol. The molecule has 1 aromatic heterocycles. The number of ether oxygens (including phenoxy) is 1. The third-order valence-corrected chi connectivity index (χ3v) is 4.45. The second-order valence-electron chi connectivity index (χ2n) is 6.39. The molecule has 0 saturated heterocycles. The fourth-order valence-electron chi connectivity index (χ4n) is 2.95. The third kappa shape index (κ3) is 4.23. The molecule has 0 aliphatic rings. The van der Waals surface area contributed by atoms with E-state index in [4.69, 9.17) is 4.74 Å². The Kier molecular flexibility index (Phi) is 5.57. The lowest BCUT2D eigenvalue weighted by Gasteiger charge is -2.10. The van der Waals surface area contributed by atoms with E-state index in [1.54, 1.807) is 42.5 Å². The quantitative estimate of drug-likeness (QED) is 0.237. The van der Waals surface area contributed by atoms with Crippen LogP contribution in [0.2, 0.25) is 0 Å². The molecule has 0 atom stereocenters. The van der Waals surface area contributed by atoms with E-state index in [1.807, 2.05) is 36.4 Å². The fourth-order valence-corrected chi connectivity index (χ4v) is 2.95. The molecule has 1 N–H and O–H groups in total. The highest BCUT2D eigenvalue weighted by Gasteiger charge is 2.13. The number of nitrogens with one attached hydrogen (secondary N) is 1. The van der Waals surface area contributed by atoms with E-state index in [-0.39, 0.29) is 5.91 Å². The van der Waals surface area contributed by atoms with Crippen molar-refractivity contribution in [3.63, 3.8) is 0 Å². The zero-order valence-electron chi connectivity index (χ0n) is 15.9. The molecule has 4 aromatic rings. The van der Waals surface area contributed by atoms with Crippen molar-refractivity contribution in [2.75, 3.05) is 0 Å². The Hall–Kier alpha value is -4.32. The molecule has 0 saturated carbocycles. The number of hydrazone groups is 1. The highest BCUT2D eigenvalue weighted by atomic mass is 16.5. The standard InChI is InChI=1S/C24H17N3O3/c28-23(18-12-14-25-15-13-18)27-26-16-21-20-9-5-4-6-17(20)10-11-22(21)30-24(29)19-7-2-1-3-8-19/h1-16H,(H,27,28). The normalized spacial score (nSPS) is 10.8. The lowest BCUT2D eigenvalue weighted by Crippen LogP contribution is -2.17. The minimum absolute atomic E-state index is 0.351. The van der Waals surface area contributed by atoms with E-state index in [0.29, 0.717) is 22.4 Å². The van der Waals surface area contributed by atoms with Crippen molar-refractivity contribution in [2.24, 2.45) is 5.10 Å². The molecule has 30 heavy (non-hydrogen) atoms. The predicted octanol–water partition coefficient (Wildman–Crippen LogP) is 4.22. The van der Waals surface area contributed by atoms with Crippen LogP contribution in [0.5, 0.6) is 5.75 Å². The maximum atomic E-state index is 12.5. The number of nitrogens with zero attached hydrogens (tertiary/aromatic N) is 2. The zero-order valence-corrected chi connectivity index (χ0v) is 15.9. The van der Waals surface area contributed by atoms with E-state index in [9.17, 15) is 9.59 Å². The van der Waals surface area contributed by atoms with Crippen molar-refractivity contribution in [1.29, 1.82) is 0 Å². The molecule has 3 aromatic carbocycles. The first-order chi connectivity index (χ1) is 14.7. The van der Waals surface area contributed by atoms with Gasteiger partial charge in [-0.3, -0.25) is 9.78 Å². The van der Waals surface area contributed by atoms with Crippen LogP contribution in [-0.2, 0) is 0 Å². The molecule has 0 bridgehead atoms. The molecule has 1 amide bonds. The summed E-state index contributed by atoms with van der Waals surface area (Å²) in [4.78, 5) is 28.6. The van der Waals surface area contributed by atoms with Crippen molar-refractivity contribution in [3.05, 3.63) is 108 Å². The van der Waals surface area contributed by atoms with Crippen molar-refractivity contribution < 1.29 is 14.3 Å². The van der Waals surface area contributed by atoms with Crippen LogP contribution in [0.3, 0.4) is 0 Å². The second-order valence-corrected chi connectivity index (χ2v) is 6.39. The molecule has 0 aliphatic carbocycles. The van der Waals surface area contributed by atoms with Crippen molar-refractivity contribution in [2.45, 2.75) is 0 Å². The van der Waals surface area contributed by atoms with Crippen LogP contribution in [0.15, 0.2) is 96.4 Å². The molecule has 0 unspecified atom stereocenters. The summed E-state index contributed by atoms with van der Waals surface area (Å²) in [5.74, 6) is -0.484. The molecule has 0 fully saturated rings. The summed E-state index contributed by atoms with van der Waals surface area (Å²) < 4.78 is 5.63. The number of aromatic nitrogens is 1. The van der Waals surface area contributed by atoms with Gasteiger partial charge < -0.3 is 4.74 Å². The molecule has 0 radical (unpaired) electrons. The van der Waals surface area contributed by atoms with Crippen molar-refractivity contribution >= 4 is 28.9 Å². The first-order valence-corrected chi connectivity index (χ1v) is 9.25. The van der Waals surface area contributed by atoms with Crippen molar-refractivity contribution in [3.8, 4) is 5.75 Å². The van der Waals surface area contributed by atoms with Crippen LogP contribution >= 0.6 is 0 Å². The molecule has 4 rings (SSSR count). The molecule has 0 spiro atoms. The molecule has 146 valence electrons. The van der Waals surface area contributed by atoms with Gasteiger partial charge in [0, 0.05) is 23.5 Å². The van der Waals surface area contributed by atoms with Gasteiger partial charge in [-0.15, -0.1) is 0 Å². The van der Waals surface area contributed by atoms with E-state index in [0.717, 1.165) is 10.8 Å². The second kappa shape index (κ2) is 8.79. The van der Waals surface area contributed by atoms with Gasteiger partial charge >= 0.3 is 5.97 Å². The van der Waals surface area contributed by atoms with Gasteiger partial charge in [-0.2, -0.15) is 5.10 Å². The van der Waals surface area contributed by atoms with Crippen LogP contribution < -0.4 is 10.2 Å².